The molecule has 3 heteroatoms. The van der Waals surface area contributed by atoms with Crippen LogP contribution in [-0.2, 0) is 11.2 Å². The van der Waals surface area contributed by atoms with E-state index in [1.165, 1.54) is 16.7 Å². The minimum absolute atomic E-state index is 0.0933. The van der Waals surface area contributed by atoms with E-state index < -0.39 is 0 Å². The molecule has 96 valence electrons. The van der Waals surface area contributed by atoms with Crippen molar-refractivity contribution in [3.05, 3.63) is 35.4 Å². The number of carbonyl (C=O) groups is 1. The summed E-state index contributed by atoms with van der Waals surface area (Å²) in [6.45, 7) is 2.47. The fourth-order valence-electron chi connectivity index (χ4n) is 2.23. The molecule has 0 saturated heterocycles. The SMILES string of the molecule is CCC(=O)NC/C=C1\CCc2ccc(OC)cc21. The van der Waals surface area contributed by atoms with Crippen LogP contribution in [0.1, 0.15) is 30.9 Å². The first kappa shape index (κ1) is 12.7. The van der Waals surface area contributed by atoms with Crippen LogP contribution >= 0.6 is 0 Å². The maximum atomic E-state index is 11.2. The normalized spacial score (nSPS) is 15.6. The highest BCUT2D eigenvalue weighted by atomic mass is 16.5. The van der Waals surface area contributed by atoms with Gasteiger partial charge in [-0.15, -0.1) is 0 Å². The Bertz CT molecular complexity index is 477. The average molecular weight is 245 g/mol. The number of fused-ring (bicyclic) bond motifs is 1. The number of allylic oxidation sites excluding steroid dienone is 1. The standard InChI is InChI=1S/C15H19NO2/c1-3-15(17)16-9-8-12-5-4-11-6-7-13(18-2)10-14(11)12/h6-8,10H,3-5,9H2,1-2H3,(H,16,17)/b12-8+. The Hall–Kier alpha value is -1.77. The van der Waals surface area contributed by atoms with Gasteiger partial charge in [-0.05, 0) is 41.7 Å². The minimum Gasteiger partial charge on any atom is -0.497 e. The number of benzene rings is 1. The lowest BCUT2D eigenvalue weighted by molar-refractivity contribution is -0.120. The van der Waals surface area contributed by atoms with E-state index in [4.69, 9.17) is 4.74 Å². The van der Waals surface area contributed by atoms with E-state index in [0.717, 1.165) is 18.6 Å². The largest absolute Gasteiger partial charge is 0.497 e. The van der Waals surface area contributed by atoms with E-state index >= 15 is 0 Å². The van der Waals surface area contributed by atoms with E-state index in [1.807, 2.05) is 13.0 Å². The molecule has 0 aromatic heterocycles. The number of hydrogen-bond acceptors (Lipinski definition) is 2. The van der Waals surface area contributed by atoms with E-state index in [0.29, 0.717) is 13.0 Å². The van der Waals surface area contributed by atoms with Gasteiger partial charge >= 0.3 is 0 Å². The van der Waals surface area contributed by atoms with Crippen LogP contribution in [0.3, 0.4) is 0 Å². The van der Waals surface area contributed by atoms with Crippen LogP contribution < -0.4 is 10.1 Å². The minimum atomic E-state index is 0.0933. The fraction of sp³-hybridized carbons (Fsp3) is 0.400. The van der Waals surface area contributed by atoms with Gasteiger partial charge in [0.05, 0.1) is 7.11 Å². The van der Waals surface area contributed by atoms with E-state index in [2.05, 4.69) is 23.5 Å². The Morgan fingerprint density at radius 3 is 3.00 bits per heavy atom. The number of nitrogens with one attached hydrogen (secondary N) is 1. The maximum absolute atomic E-state index is 11.2. The lowest BCUT2D eigenvalue weighted by atomic mass is 10.1. The molecular weight excluding hydrogens is 226 g/mol. The Kier molecular flexibility index (Phi) is 4.03. The molecule has 0 fully saturated rings. The van der Waals surface area contributed by atoms with Gasteiger partial charge in [0.25, 0.3) is 0 Å². The van der Waals surface area contributed by atoms with Crippen molar-refractivity contribution in [1.29, 1.82) is 0 Å². The molecule has 0 atom stereocenters. The summed E-state index contributed by atoms with van der Waals surface area (Å²) in [6.07, 6.45) is 4.77. The summed E-state index contributed by atoms with van der Waals surface area (Å²) in [7, 11) is 1.68. The summed E-state index contributed by atoms with van der Waals surface area (Å²) in [5.74, 6) is 0.981. The van der Waals surface area contributed by atoms with Crippen molar-refractivity contribution in [3.63, 3.8) is 0 Å². The Morgan fingerprint density at radius 1 is 1.44 bits per heavy atom. The van der Waals surface area contributed by atoms with Crippen LogP contribution in [0.15, 0.2) is 24.3 Å². The molecule has 2 rings (SSSR count). The number of amides is 1. The smallest absolute Gasteiger partial charge is 0.219 e. The van der Waals surface area contributed by atoms with Gasteiger partial charge in [0.2, 0.25) is 5.91 Å². The Morgan fingerprint density at radius 2 is 2.28 bits per heavy atom. The zero-order valence-corrected chi connectivity index (χ0v) is 11.0. The zero-order chi connectivity index (χ0) is 13.0. The molecule has 1 N–H and O–H groups in total. The summed E-state index contributed by atoms with van der Waals surface area (Å²) >= 11 is 0. The van der Waals surface area contributed by atoms with Crippen LogP contribution in [0, 0.1) is 0 Å². The third kappa shape index (κ3) is 2.73. The van der Waals surface area contributed by atoms with Crippen molar-refractivity contribution in [2.45, 2.75) is 26.2 Å². The van der Waals surface area contributed by atoms with Gasteiger partial charge in [-0.25, -0.2) is 0 Å². The van der Waals surface area contributed by atoms with Crippen LogP contribution in [-0.4, -0.2) is 19.6 Å². The van der Waals surface area contributed by atoms with Crippen molar-refractivity contribution in [2.75, 3.05) is 13.7 Å². The van der Waals surface area contributed by atoms with Gasteiger partial charge in [-0.1, -0.05) is 19.1 Å². The van der Waals surface area contributed by atoms with Crippen molar-refractivity contribution in [2.24, 2.45) is 0 Å². The molecule has 1 aromatic rings. The van der Waals surface area contributed by atoms with E-state index in [9.17, 15) is 4.79 Å². The van der Waals surface area contributed by atoms with Crippen LogP contribution in [0.4, 0.5) is 0 Å². The van der Waals surface area contributed by atoms with Crippen molar-refractivity contribution < 1.29 is 9.53 Å². The first-order valence-electron chi connectivity index (χ1n) is 6.37. The molecule has 0 aliphatic heterocycles. The Balaban J connectivity index is 2.10. The molecule has 0 spiro atoms. The number of carbonyl (C=O) groups excluding carboxylic acids is 1. The topological polar surface area (TPSA) is 38.3 Å². The second-order valence-corrected chi connectivity index (χ2v) is 4.41. The third-order valence-electron chi connectivity index (χ3n) is 3.30. The predicted octanol–water partition coefficient (Wildman–Crippen LogP) is 2.55. The van der Waals surface area contributed by atoms with Crippen molar-refractivity contribution in [3.8, 4) is 5.75 Å². The van der Waals surface area contributed by atoms with Gasteiger partial charge in [-0.3, -0.25) is 4.79 Å². The number of hydrogen-bond donors (Lipinski definition) is 1. The molecule has 1 aliphatic carbocycles. The van der Waals surface area contributed by atoms with Crippen molar-refractivity contribution >= 4 is 11.5 Å². The lowest BCUT2D eigenvalue weighted by Crippen LogP contribution is -2.22. The summed E-state index contributed by atoms with van der Waals surface area (Å²) in [4.78, 5) is 11.2. The highest BCUT2D eigenvalue weighted by Gasteiger charge is 2.16. The number of ether oxygens (including phenoxy) is 1. The molecule has 3 nitrogen and oxygen atoms in total. The van der Waals surface area contributed by atoms with Gasteiger partial charge in [0.15, 0.2) is 0 Å². The summed E-state index contributed by atoms with van der Waals surface area (Å²) in [5.41, 5.74) is 3.93. The van der Waals surface area contributed by atoms with E-state index in [-0.39, 0.29) is 5.91 Å². The number of rotatable bonds is 4. The molecule has 1 aromatic carbocycles. The predicted molar refractivity (Wildman–Crippen MR) is 72.6 cm³/mol. The molecular formula is C15H19NO2. The second kappa shape index (κ2) is 5.71. The first-order valence-corrected chi connectivity index (χ1v) is 6.37. The molecule has 0 bridgehead atoms. The molecule has 0 saturated carbocycles. The first-order chi connectivity index (χ1) is 8.74. The van der Waals surface area contributed by atoms with Crippen LogP contribution in [0.5, 0.6) is 5.75 Å². The third-order valence-corrected chi connectivity index (χ3v) is 3.30. The number of methoxy groups -OCH3 is 1. The molecule has 0 heterocycles. The zero-order valence-electron chi connectivity index (χ0n) is 11.0. The Labute approximate surface area is 108 Å². The van der Waals surface area contributed by atoms with Crippen LogP contribution in [0.25, 0.3) is 5.57 Å². The average Bonchev–Trinajstić information content (AvgIpc) is 2.81. The lowest BCUT2D eigenvalue weighted by Gasteiger charge is -2.05. The van der Waals surface area contributed by atoms with Gasteiger partial charge < -0.3 is 10.1 Å². The van der Waals surface area contributed by atoms with Gasteiger partial charge in [0.1, 0.15) is 5.75 Å². The molecule has 18 heavy (non-hydrogen) atoms. The highest BCUT2D eigenvalue weighted by molar-refractivity contribution is 5.77. The maximum Gasteiger partial charge on any atom is 0.219 e. The highest BCUT2D eigenvalue weighted by Crippen LogP contribution is 2.34. The summed E-state index contributed by atoms with van der Waals surface area (Å²) in [6, 6.07) is 6.20. The summed E-state index contributed by atoms with van der Waals surface area (Å²) in [5, 5.41) is 2.87. The molecule has 1 aliphatic rings. The number of aryl methyl sites for hydroxylation is 1. The van der Waals surface area contributed by atoms with Gasteiger partial charge in [-0.2, -0.15) is 0 Å². The van der Waals surface area contributed by atoms with Crippen molar-refractivity contribution in [1.82, 2.24) is 5.32 Å². The van der Waals surface area contributed by atoms with Crippen LogP contribution in [0.2, 0.25) is 0 Å². The quantitative estimate of drug-likeness (QED) is 0.885. The molecule has 0 unspecified atom stereocenters. The van der Waals surface area contributed by atoms with Gasteiger partial charge in [0, 0.05) is 13.0 Å². The molecule has 0 radical (unpaired) electrons. The molecule has 1 amide bonds. The summed E-state index contributed by atoms with van der Waals surface area (Å²) < 4.78 is 5.25. The monoisotopic (exact) mass is 245 g/mol. The second-order valence-electron chi connectivity index (χ2n) is 4.41. The fourth-order valence-corrected chi connectivity index (χ4v) is 2.23. The van der Waals surface area contributed by atoms with E-state index in [1.54, 1.807) is 7.11 Å².